The van der Waals surface area contributed by atoms with Crippen molar-refractivity contribution in [2.75, 3.05) is 13.1 Å². The summed E-state index contributed by atoms with van der Waals surface area (Å²) in [6.07, 6.45) is 2.04. The standard InChI is InChI=1S/C14H17N3O3S/c18-13(19)4-3-10-5-6-17(8-10)9-12-15-16-14(20-12)11-2-1-7-21-11/h1-2,7,10H,3-6,8-9H2,(H,18,19). The molecule has 1 saturated heterocycles. The molecule has 3 rings (SSSR count). The zero-order valence-electron chi connectivity index (χ0n) is 11.6. The van der Waals surface area contributed by atoms with Crippen molar-refractivity contribution in [2.45, 2.75) is 25.8 Å². The van der Waals surface area contributed by atoms with Gasteiger partial charge in [0.1, 0.15) is 0 Å². The minimum Gasteiger partial charge on any atom is -0.481 e. The van der Waals surface area contributed by atoms with Crippen molar-refractivity contribution in [3.05, 3.63) is 23.4 Å². The average Bonchev–Trinajstić information content (AvgIpc) is 3.18. The van der Waals surface area contributed by atoms with Crippen molar-refractivity contribution < 1.29 is 14.3 Å². The van der Waals surface area contributed by atoms with Crippen LogP contribution >= 0.6 is 11.3 Å². The Morgan fingerprint density at radius 2 is 2.43 bits per heavy atom. The molecule has 1 fully saturated rings. The minimum atomic E-state index is -0.717. The summed E-state index contributed by atoms with van der Waals surface area (Å²) in [4.78, 5) is 13.8. The van der Waals surface area contributed by atoms with E-state index in [0.717, 1.165) is 30.8 Å². The Kier molecular flexibility index (Phi) is 4.31. The normalized spacial score (nSPS) is 19.1. The molecule has 2 aromatic heterocycles. The lowest BCUT2D eigenvalue weighted by Gasteiger charge is -2.12. The second kappa shape index (κ2) is 6.36. The van der Waals surface area contributed by atoms with Gasteiger partial charge < -0.3 is 9.52 Å². The Hall–Kier alpha value is -1.73. The highest BCUT2D eigenvalue weighted by Gasteiger charge is 2.24. The number of thiophene rings is 1. The summed E-state index contributed by atoms with van der Waals surface area (Å²) >= 11 is 1.58. The number of carboxylic acid groups (broad SMARTS) is 1. The van der Waals surface area contributed by atoms with Crippen molar-refractivity contribution >= 4 is 17.3 Å². The number of hydrogen-bond acceptors (Lipinski definition) is 6. The molecule has 0 bridgehead atoms. The van der Waals surface area contributed by atoms with Crippen LogP contribution in [0, 0.1) is 5.92 Å². The Labute approximate surface area is 126 Å². The summed E-state index contributed by atoms with van der Waals surface area (Å²) in [6, 6.07) is 3.91. The molecular weight excluding hydrogens is 290 g/mol. The van der Waals surface area contributed by atoms with Gasteiger partial charge in [-0.3, -0.25) is 9.69 Å². The maximum atomic E-state index is 10.6. The predicted octanol–water partition coefficient (Wildman–Crippen LogP) is 2.48. The van der Waals surface area contributed by atoms with Crippen LogP contribution in [0.3, 0.4) is 0 Å². The fourth-order valence-corrected chi connectivity index (χ4v) is 3.27. The summed E-state index contributed by atoms with van der Waals surface area (Å²) in [7, 11) is 0. The number of hydrogen-bond donors (Lipinski definition) is 1. The molecule has 0 spiro atoms. The smallest absolute Gasteiger partial charge is 0.303 e. The van der Waals surface area contributed by atoms with Gasteiger partial charge in [0.15, 0.2) is 0 Å². The zero-order chi connectivity index (χ0) is 14.7. The molecule has 0 aliphatic carbocycles. The van der Waals surface area contributed by atoms with Gasteiger partial charge in [-0.1, -0.05) is 6.07 Å². The van der Waals surface area contributed by atoms with E-state index in [1.807, 2.05) is 17.5 Å². The number of aromatic nitrogens is 2. The molecule has 3 heterocycles. The van der Waals surface area contributed by atoms with Gasteiger partial charge in [-0.05, 0) is 36.8 Å². The summed E-state index contributed by atoms with van der Waals surface area (Å²) in [5.74, 6) is 0.936. The molecule has 1 unspecified atom stereocenters. The van der Waals surface area contributed by atoms with Crippen molar-refractivity contribution in [3.63, 3.8) is 0 Å². The van der Waals surface area contributed by atoms with E-state index in [-0.39, 0.29) is 6.42 Å². The number of carbonyl (C=O) groups is 1. The van der Waals surface area contributed by atoms with Crippen LogP contribution in [0.5, 0.6) is 0 Å². The maximum absolute atomic E-state index is 10.6. The van der Waals surface area contributed by atoms with E-state index >= 15 is 0 Å². The first-order chi connectivity index (χ1) is 10.2. The number of aliphatic carboxylic acids is 1. The zero-order valence-corrected chi connectivity index (χ0v) is 12.4. The third kappa shape index (κ3) is 3.68. The van der Waals surface area contributed by atoms with E-state index in [4.69, 9.17) is 9.52 Å². The Balaban J connectivity index is 1.52. The highest BCUT2D eigenvalue weighted by Crippen LogP contribution is 2.25. The first-order valence-electron chi connectivity index (χ1n) is 7.01. The van der Waals surface area contributed by atoms with Crippen molar-refractivity contribution in [2.24, 2.45) is 5.92 Å². The average molecular weight is 307 g/mol. The predicted molar refractivity (Wildman–Crippen MR) is 77.9 cm³/mol. The molecule has 112 valence electrons. The van der Waals surface area contributed by atoms with Gasteiger partial charge in [0.05, 0.1) is 11.4 Å². The topological polar surface area (TPSA) is 79.5 Å². The van der Waals surface area contributed by atoms with Crippen LogP contribution in [0.2, 0.25) is 0 Å². The number of carboxylic acids is 1. The number of nitrogens with zero attached hydrogens (tertiary/aromatic N) is 3. The molecule has 0 amide bonds. The Bertz CT molecular complexity index is 596. The van der Waals surface area contributed by atoms with Gasteiger partial charge in [0, 0.05) is 13.0 Å². The largest absolute Gasteiger partial charge is 0.481 e. The fourth-order valence-electron chi connectivity index (χ4n) is 2.63. The van der Waals surface area contributed by atoms with Crippen molar-refractivity contribution in [1.29, 1.82) is 0 Å². The van der Waals surface area contributed by atoms with E-state index in [2.05, 4.69) is 15.1 Å². The fraction of sp³-hybridized carbons (Fsp3) is 0.500. The van der Waals surface area contributed by atoms with Crippen LogP contribution in [-0.2, 0) is 11.3 Å². The van der Waals surface area contributed by atoms with Gasteiger partial charge in [-0.25, -0.2) is 0 Å². The van der Waals surface area contributed by atoms with E-state index in [1.54, 1.807) is 11.3 Å². The van der Waals surface area contributed by atoms with Gasteiger partial charge in [0.25, 0.3) is 5.89 Å². The lowest BCUT2D eigenvalue weighted by Crippen LogP contribution is -2.20. The van der Waals surface area contributed by atoms with Crippen LogP contribution in [0.1, 0.15) is 25.2 Å². The number of likely N-dealkylation sites (tertiary alicyclic amines) is 1. The molecule has 1 aliphatic rings. The molecule has 2 aromatic rings. The van der Waals surface area contributed by atoms with Gasteiger partial charge in [-0.15, -0.1) is 21.5 Å². The highest BCUT2D eigenvalue weighted by molar-refractivity contribution is 7.13. The van der Waals surface area contributed by atoms with E-state index < -0.39 is 5.97 Å². The Morgan fingerprint density at radius 3 is 3.19 bits per heavy atom. The second-order valence-corrected chi connectivity index (χ2v) is 6.25. The molecule has 1 atom stereocenters. The summed E-state index contributed by atoms with van der Waals surface area (Å²) in [6.45, 7) is 2.51. The van der Waals surface area contributed by atoms with Gasteiger partial charge >= 0.3 is 5.97 Å². The van der Waals surface area contributed by atoms with Crippen LogP contribution in [0.25, 0.3) is 10.8 Å². The van der Waals surface area contributed by atoms with E-state index in [1.165, 1.54) is 0 Å². The van der Waals surface area contributed by atoms with Crippen LogP contribution in [-0.4, -0.2) is 39.3 Å². The molecule has 7 heteroatoms. The number of rotatable bonds is 6. The van der Waals surface area contributed by atoms with E-state index in [9.17, 15) is 4.79 Å². The van der Waals surface area contributed by atoms with Crippen LogP contribution in [0.15, 0.2) is 21.9 Å². The maximum Gasteiger partial charge on any atom is 0.303 e. The third-order valence-corrected chi connectivity index (χ3v) is 4.55. The van der Waals surface area contributed by atoms with Gasteiger partial charge in [-0.2, -0.15) is 0 Å². The molecule has 1 aliphatic heterocycles. The van der Waals surface area contributed by atoms with Crippen LogP contribution in [0.4, 0.5) is 0 Å². The molecule has 6 nitrogen and oxygen atoms in total. The Morgan fingerprint density at radius 1 is 1.52 bits per heavy atom. The minimum absolute atomic E-state index is 0.252. The molecule has 1 N–H and O–H groups in total. The summed E-state index contributed by atoms with van der Waals surface area (Å²) in [5.41, 5.74) is 0. The molecular formula is C14H17N3O3S. The lowest BCUT2D eigenvalue weighted by molar-refractivity contribution is -0.137. The molecule has 0 saturated carbocycles. The first kappa shape index (κ1) is 14.2. The lowest BCUT2D eigenvalue weighted by atomic mass is 10.0. The SMILES string of the molecule is O=C(O)CCC1CCN(Cc2nnc(-c3cccs3)o2)C1. The van der Waals surface area contributed by atoms with Crippen LogP contribution < -0.4 is 0 Å². The third-order valence-electron chi connectivity index (χ3n) is 3.69. The van der Waals surface area contributed by atoms with Gasteiger partial charge in [0.2, 0.25) is 5.89 Å². The van der Waals surface area contributed by atoms with Crippen molar-refractivity contribution in [3.8, 4) is 10.8 Å². The second-order valence-electron chi connectivity index (χ2n) is 5.30. The monoisotopic (exact) mass is 307 g/mol. The quantitative estimate of drug-likeness (QED) is 0.883. The highest BCUT2D eigenvalue weighted by atomic mass is 32.1. The van der Waals surface area contributed by atoms with Crippen molar-refractivity contribution in [1.82, 2.24) is 15.1 Å². The molecule has 0 aromatic carbocycles. The molecule has 0 radical (unpaired) electrons. The molecule has 21 heavy (non-hydrogen) atoms. The first-order valence-corrected chi connectivity index (χ1v) is 7.89. The summed E-state index contributed by atoms with van der Waals surface area (Å²) in [5, 5.41) is 18.9. The van der Waals surface area contributed by atoms with E-state index in [0.29, 0.717) is 24.2 Å². The summed E-state index contributed by atoms with van der Waals surface area (Å²) < 4.78 is 5.68.